The highest BCUT2D eigenvalue weighted by Gasteiger charge is 2.10. The van der Waals surface area contributed by atoms with Crippen LogP contribution in [0.15, 0.2) is 54.6 Å². The quantitative estimate of drug-likeness (QED) is 0.611. The Morgan fingerprint density at radius 3 is 2.26 bits per heavy atom. The summed E-state index contributed by atoms with van der Waals surface area (Å²) in [6, 6.07) is 19.0. The molecule has 2 aromatic rings. The van der Waals surface area contributed by atoms with E-state index in [9.17, 15) is 0 Å². The summed E-state index contributed by atoms with van der Waals surface area (Å²) < 4.78 is 6.03. The fraction of sp³-hybridized carbons (Fsp3) is 0.368. The number of hydrogen-bond acceptors (Lipinski definition) is 2. The van der Waals surface area contributed by atoms with E-state index >= 15 is 0 Å². The van der Waals surface area contributed by atoms with E-state index < -0.39 is 0 Å². The minimum atomic E-state index is 0. The van der Waals surface area contributed by atoms with Crippen LogP contribution in [-0.4, -0.2) is 36.5 Å². The Bertz CT molecular complexity index is 560. The molecular weight excluding hydrogens is 329 g/mol. The molecule has 126 valence electrons. The molecule has 0 aliphatic heterocycles. The Labute approximate surface area is 150 Å². The van der Waals surface area contributed by atoms with E-state index in [-0.39, 0.29) is 12.4 Å². The first-order chi connectivity index (χ1) is 10.7. The average Bonchev–Trinajstić information content (AvgIpc) is 2.55. The Balaban J connectivity index is 0.00000264. The number of rotatable bonds is 8. The van der Waals surface area contributed by atoms with Gasteiger partial charge in [0.15, 0.2) is 0 Å². The van der Waals surface area contributed by atoms with E-state index in [0.29, 0.717) is 18.5 Å². The molecule has 0 atom stereocenters. The average molecular weight is 354 g/mol. The SMILES string of the molecule is CC(C)N(CCCl)CCOc1ccccc1-c1ccccc1.Cl. The summed E-state index contributed by atoms with van der Waals surface area (Å²) >= 11 is 5.86. The van der Waals surface area contributed by atoms with Gasteiger partial charge in [-0.05, 0) is 25.5 Å². The lowest BCUT2D eigenvalue weighted by molar-refractivity contribution is 0.185. The number of para-hydroxylation sites is 1. The lowest BCUT2D eigenvalue weighted by atomic mass is 10.1. The van der Waals surface area contributed by atoms with Gasteiger partial charge in [0, 0.05) is 30.6 Å². The van der Waals surface area contributed by atoms with Crippen molar-refractivity contribution in [2.75, 3.05) is 25.6 Å². The number of ether oxygens (including phenoxy) is 1. The number of alkyl halides is 1. The summed E-state index contributed by atoms with van der Waals surface area (Å²) in [5.41, 5.74) is 2.32. The molecule has 0 bridgehead atoms. The molecule has 23 heavy (non-hydrogen) atoms. The summed E-state index contributed by atoms with van der Waals surface area (Å²) in [5.74, 6) is 1.59. The van der Waals surface area contributed by atoms with Gasteiger partial charge in [0.25, 0.3) is 0 Å². The fourth-order valence-electron chi connectivity index (χ4n) is 2.46. The second-order valence-corrected chi connectivity index (χ2v) is 5.91. The van der Waals surface area contributed by atoms with Crippen LogP contribution >= 0.6 is 24.0 Å². The molecule has 0 fully saturated rings. The molecule has 0 aromatic heterocycles. The van der Waals surface area contributed by atoms with E-state index in [1.165, 1.54) is 5.56 Å². The van der Waals surface area contributed by atoms with E-state index in [2.05, 4.69) is 36.9 Å². The van der Waals surface area contributed by atoms with Gasteiger partial charge in [0.05, 0.1) is 0 Å². The molecule has 2 rings (SSSR count). The van der Waals surface area contributed by atoms with Gasteiger partial charge in [-0.15, -0.1) is 24.0 Å². The minimum absolute atomic E-state index is 0. The molecule has 2 aromatic carbocycles. The van der Waals surface area contributed by atoms with Crippen LogP contribution in [0.2, 0.25) is 0 Å². The number of benzene rings is 2. The van der Waals surface area contributed by atoms with Gasteiger partial charge in [0.1, 0.15) is 12.4 Å². The number of nitrogens with zero attached hydrogens (tertiary/aromatic N) is 1. The van der Waals surface area contributed by atoms with Crippen molar-refractivity contribution in [1.29, 1.82) is 0 Å². The predicted molar refractivity (Wildman–Crippen MR) is 102 cm³/mol. The molecule has 0 N–H and O–H groups in total. The Morgan fingerprint density at radius 2 is 1.61 bits per heavy atom. The predicted octanol–water partition coefficient (Wildman–Crippen LogP) is 5.10. The first-order valence-corrected chi connectivity index (χ1v) is 8.33. The standard InChI is InChI=1S/C19H24ClNO.ClH/c1-16(2)21(13-12-20)14-15-22-19-11-7-6-10-18(19)17-8-4-3-5-9-17;/h3-11,16H,12-15H2,1-2H3;1H. The monoisotopic (exact) mass is 353 g/mol. The van der Waals surface area contributed by atoms with Crippen molar-refractivity contribution in [1.82, 2.24) is 4.90 Å². The van der Waals surface area contributed by atoms with Crippen molar-refractivity contribution in [3.05, 3.63) is 54.6 Å². The van der Waals surface area contributed by atoms with Crippen LogP contribution in [-0.2, 0) is 0 Å². The maximum atomic E-state index is 6.03. The second kappa shape index (κ2) is 10.5. The van der Waals surface area contributed by atoms with Crippen molar-refractivity contribution in [2.24, 2.45) is 0 Å². The van der Waals surface area contributed by atoms with Crippen LogP contribution in [0.5, 0.6) is 5.75 Å². The normalized spacial score (nSPS) is 10.7. The highest BCUT2D eigenvalue weighted by atomic mass is 35.5. The van der Waals surface area contributed by atoms with Crippen LogP contribution in [0.4, 0.5) is 0 Å². The maximum absolute atomic E-state index is 6.03. The van der Waals surface area contributed by atoms with Gasteiger partial charge in [-0.25, -0.2) is 0 Å². The van der Waals surface area contributed by atoms with Crippen LogP contribution in [0, 0.1) is 0 Å². The molecule has 0 saturated carbocycles. The first-order valence-electron chi connectivity index (χ1n) is 7.79. The molecule has 0 aliphatic carbocycles. The smallest absolute Gasteiger partial charge is 0.127 e. The largest absolute Gasteiger partial charge is 0.492 e. The van der Waals surface area contributed by atoms with Crippen molar-refractivity contribution in [3.63, 3.8) is 0 Å². The molecule has 0 unspecified atom stereocenters. The fourth-order valence-corrected chi connectivity index (χ4v) is 2.68. The van der Waals surface area contributed by atoms with E-state index in [4.69, 9.17) is 16.3 Å². The molecule has 0 radical (unpaired) electrons. The van der Waals surface area contributed by atoms with E-state index in [1.54, 1.807) is 0 Å². The van der Waals surface area contributed by atoms with Crippen LogP contribution in [0.3, 0.4) is 0 Å². The van der Waals surface area contributed by atoms with Gasteiger partial charge in [0.2, 0.25) is 0 Å². The zero-order valence-electron chi connectivity index (χ0n) is 13.7. The zero-order valence-corrected chi connectivity index (χ0v) is 15.3. The first kappa shape index (κ1) is 19.8. The third kappa shape index (κ3) is 6.06. The number of halogens is 2. The lowest BCUT2D eigenvalue weighted by Crippen LogP contribution is -2.36. The highest BCUT2D eigenvalue weighted by molar-refractivity contribution is 6.18. The summed E-state index contributed by atoms with van der Waals surface area (Å²) in [4.78, 5) is 2.33. The summed E-state index contributed by atoms with van der Waals surface area (Å²) in [5, 5.41) is 0. The second-order valence-electron chi connectivity index (χ2n) is 5.53. The van der Waals surface area contributed by atoms with Crippen LogP contribution in [0.25, 0.3) is 11.1 Å². The van der Waals surface area contributed by atoms with E-state index in [0.717, 1.165) is 24.4 Å². The van der Waals surface area contributed by atoms with Crippen molar-refractivity contribution in [2.45, 2.75) is 19.9 Å². The molecular formula is C19H25Cl2NO. The molecule has 0 heterocycles. The lowest BCUT2D eigenvalue weighted by Gasteiger charge is -2.25. The van der Waals surface area contributed by atoms with Crippen LogP contribution < -0.4 is 4.74 Å². The molecule has 0 amide bonds. The minimum Gasteiger partial charge on any atom is -0.492 e. The van der Waals surface area contributed by atoms with Gasteiger partial charge in [-0.2, -0.15) is 0 Å². The zero-order chi connectivity index (χ0) is 15.8. The maximum Gasteiger partial charge on any atom is 0.127 e. The Kier molecular flexibility index (Phi) is 9.08. The molecule has 0 saturated heterocycles. The Morgan fingerprint density at radius 1 is 0.957 bits per heavy atom. The molecule has 2 nitrogen and oxygen atoms in total. The van der Waals surface area contributed by atoms with Gasteiger partial charge in [-0.1, -0.05) is 48.5 Å². The highest BCUT2D eigenvalue weighted by Crippen LogP contribution is 2.29. The summed E-state index contributed by atoms with van der Waals surface area (Å²) in [7, 11) is 0. The number of hydrogen-bond donors (Lipinski definition) is 0. The van der Waals surface area contributed by atoms with Crippen molar-refractivity contribution >= 4 is 24.0 Å². The van der Waals surface area contributed by atoms with Crippen LogP contribution in [0.1, 0.15) is 13.8 Å². The van der Waals surface area contributed by atoms with E-state index in [1.807, 2.05) is 36.4 Å². The van der Waals surface area contributed by atoms with Gasteiger partial charge in [-0.3, -0.25) is 4.90 Å². The Hall–Kier alpha value is -1.22. The third-order valence-electron chi connectivity index (χ3n) is 3.71. The van der Waals surface area contributed by atoms with Crippen molar-refractivity contribution < 1.29 is 4.74 Å². The van der Waals surface area contributed by atoms with Gasteiger partial charge < -0.3 is 4.74 Å². The van der Waals surface area contributed by atoms with Crippen molar-refractivity contribution in [3.8, 4) is 16.9 Å². The summed E-state index contributed by atoms with van der Waals surface area (Å²) in [6.45, 7) is 6.81. The molecule has 0 spiro atoms. The van der Waals surface area contributed by atoms with Gasteiger partial charge >= 0.3 is 0 Å². The third-order valence-corrected chi connectivity index (χ3v) is 3.88. The molecule has 0 aliphatic rings. The topological polar surface area (TPSA) is 12.5 Å². The summed E-state index contributed by atoms with van der Waals surface area (Å²) in [6.07, 6.45) is 0. The molecule has 4 heteroatoms.